The second-order valence-electron chi connectivity index (χ2n) is 6.71. The molecule has 24 heavy (non-hydrogen) atoms. The number of likely N-dealkylation sites (tertiary alicyclic amines) is 1. The number of hydrogen-bond donors (Lipinski definition) is 0. The van der Waals surface area contributed by atoms with E-state index in [0.717, 1.165) is 30.9 Å². The Hall–Kier alpha value is -2.37. The third-order valence-corrected chi connectivity index (χ3v) is 4.56. The Bertz CT molecular complexity index is 776. The van der Waals surface area contributed by atoms with Crippen LogP contribution in [0.4, 0.5) is 0 Å². The molecule has 2 aromatic rings. The van der Waals surface area contributed by atoms with Gasteiger partial charge in [0.1, 0.15) is 5.82 Å². The Kier molecular flexibility index (Phi) is 4.55. The van der Waals surface area contributed by atoms with Crippen LogP contribution in [0.2, 0.25) is 0 Å². The zero-order valence-corrected chi connectivity index (χ0v) is 14.5. The van der Waals surface area contributed by atoms with E-state index in [9.17, 15) is 9.59 Å². The lowest BCUT2D eigenvalue weighted by atomic mass is 9.96. The molecule has 0 aliphatic carbocycles. The first-order valence-corrected chi connectivity index (χ1v) is 8.49. The number of hydrogen-bond acceptors (Lipinski definition) is 3. The Morgan fingerprint density at radius 3 is 2.62 bits per heavy atom. The summed E-state index contributed by atoms with van der Waals surface area (Å²) < 4.78 is 3.06. The molecule has 0 saturated carbocycles. The summed E-state index contributed by atoms with van der Waals surface area (Å²) in [6, 6.07) is 9.56. The van der Waals surface area contributed by atoms with Crippen LogP contribution in [0.25, 0.3) is 5.69 Å². The lowest BCUT2D eigenvalue weighted by molar-refractivity contribution is -0.135. The summed E-state index contributed by atoms with van der Waals surface area (Å²) in [5, 5.41) is 4.48. The fourth-order valence-electron chi connectivity index (χ4n) is 3.32. The number of amides is 1. The molecule has 1 unspecified atom stereocenters. The second kappa shape index (κ2) is 6.63. The van der Waals surface area contributed by atoms with Gasteiger partial charge in [0, 0.05) is 32.0 Å². The number of aryl methyl sites for hydroxylation is 1. The molecular formula is C18H24N4O2. The minimum absolute atomic E-state index is 0.0104. The molecule has 0 N–H and O–H groups in total. The van der Waals surface area contributed by atoms with E-state index >= 15 is 0 Å². The van der Waals surface area contributed by atoms with Crippen LogP contribution in [0.3, 0.4) is 0 Å². The van der Waals surface area contributed by atoms with Gasteiger partial charge in [0.2, 0.25) is 5.91 Å². The Morgan fingerprint density at radius 1 is 1.25 bits per heavy atom. The van der Waals surface area contributed by atoms with Crippen LogP contribution in [-0.2, 0) is 11.8 Å². The second-order valence-corrected chi connectivity index (χ2v) is 6.71. The minimum Gasteiger partial charge on any atom is -0.342 e. The smallest absolute Gasteiger partial charge is 0.342 e. The molecular weight excluding hydrogens is 304 g/mol. The first-order chi connectivity index (χ1) is 11.5. The number of piperidine rings is 1. The lowest BCUT2D eigenvalue weighted by Gasteiger charge is -2.33. The average molecular weight is 328 g/mol. The van der Waals surface area contributed by atoms with Gasteiger partial charge in [-0.15, -0.1) is 0 Å². The monoisotopic (exact) mass is 328 g/mol. The summed E-state index contributed by atoms with van der Waals surface area (Å²) in [5.74, 6) is 0.985. The summed E-state index contributed by atoms with van der Waals surface area (Å²) in [6.45, 7) is 5.26. The highest BCUT2D eigenvalue weighted by Crippen LogP contribution is 2.27. The van der Waals surface area contributed by atoms with Gasteiger partial charge in [0.15, 0.2) is 0 Å². The summed E-state index contributed by atoms with van der Waals surface area (Å²) in [7, 11) is 1.67. The number of carbonyl (C=O) groups excluding carboxylic acids is 1. The molecule has 1 fully saturated rings. The van der Waals surface area contributed by atoms with Crippen molar-refractivity contribution in [2.45, 2.75) is 32.6 Å². The molecule has 0 spiro atoms. The van der Waals surface area contributed by atoms with Crippen LogP contribution in [0.15, 0.2) is 35.1 Å². The molecule has 1 aromatic carbocycles. The third kappa shape index (κ3) is 3.00. The van der Waals surface area contributed by atoms with Crippen molar-refractivity contribution >= 4 is 5.91 Å². The van der Waals surface area contributed by atoms with Gasteiger partial charge in [0.25, 0.3) is 0 Å². The number of aromatic nitrogens is 3. The van der Waals surface area contributed by atoms with E-state index in [4.69, 9.17) is 0 Å². The van der Waals surface area contributed by atoms with Gasteiger partial charge in [0.05, 0.1) is 5.69 Å². The maximum Gasteiger partial charge on any atom is 0.350 e. The quantitative estimate of drug-likeness (QED) is 0.865. The van der Waals surface area contributed by atoms with Crippen molar-refractivity contribution in [3.05, 3.63) is 46.6 Å². The number of rotatable bonds is 3. The van der Waals surface area contributed by atoms with Crippen molar-refractivity contribution in [3.8, 4) is 5.69 Å². The molecule has 6 heteroatoms. The molecule has 1 amide bonds. The summed E-state index contributed by atoms with van der Waals surface area (Å²) in [4.78, 5) is 26.8. The molecule has 1 atom stereocenters. The number of para-hydroxylation sites is 1. The van der Waals surface area contributed by atoms with Crippen LogP contribution >= 0.6 is 0 Å². The molecule has 128 valence electrons. The largest absolute Gasteiger partial charge is 0.350 e. The minimum atomic E-state index is -0.150. The normalized spacial score (nSPS) is 18.2. The van der Waals surface area contributed by atoms with Gasteiger partial charge in [-0.1, -0.05) is 32.0 Å². The fraction of sp³-hybridized carbons (Fsp3) is 0.500. The van der Waals surface area contributed by atoms with Gasteiger partial charge in [-0.3, -0.25) is 4.79 Å². The molecule has 1 aliphatic rings. The van der Waals surface area contributed by atoms with E-state index in [1.54, 1.807) is 11.6 Å². The van der Waals surface area contributed by atoms with Crippen molar-refractivity contribution in [3.63, 3.8) is 0 Å². The number of nitrogens with zero attached hydrogens (tertiary/aromatic N) is 4. The Labute approximate surface area is 141 Å². The highest BCUT2D eigenvalue weighted by Gasteiger charge is 2.30. The van der Waals surface area contributed by atoms with Crippen LogP contribution < -0.4 is 5.69 Å². The van der Waals surface area contributed by atoms with Gasteiger partial charge in [-0.2, -0.15) is 5.10 Å². The van der Waals surface area contributed by atoms with Crippen molar-refractivity contribution < 1.29 is 4.79 Å². The maximum absolute atomic E-state index is 12.5. The summed E-state index contributed by atoms with van der Waals surface area (Å²) >= 11 is 0. The molecule has 0 radical (unpaired) electrons. The highest BCUT2D eigenvalue weighted by molar-refractivity contribution is 5.78. The summed E-state index contributed by atoms with van der Waals surface area (Å²) in [6.07, 6.45) is 1.87. The Morgan fingerprint density at radius 2 is 1.96 bits per heavy atom. The van der Waals surface area contributed by atoms with Crippen molar-refractivity contribution in [2.24, 2.45) is 13.0 Å². The zero-order valence-electron chi connectivity index (χ0n) is 14.5. The third-order valence-electron chi connectivity index (χ3n) is 4.56. The first kappa shape index (κ1) is 16.5. The first-order valence-electron chi connectivity index (χ1n) is 8.49. The van der Waals surface area contributed by atoms with Gasteiger partial charge in [-0.05, 0) is 25.0 Å². The maximum atomic E-state index is 12.5. The van der Waals surface area contributed by atoms with Gasteiger partial charge < -0.3 is 4.90 Å². The van der Waals surface area contributed by atoms with E-state index in [2.05, 4.69) is 5.10 Å². The van der Waals surface area contributed by atoms with E-state index in [0.29, 0.717) is 6.54 Å². The molecule has 1 aromatic heterocycles. The molecule has 2 heterocycles. The predicted octanol–water partition coefficient (Wildman–Crippen LogP) is 1.93. The van der Waals surface area contributed by atoms with Crippen molar-refractivity contribution in [2.75, 3.05) is 13.1 Å². The predicted molar refractivity (Wildman–Crippen MR) is 92.2 cm³/mol. The molecule has 1 aliphatic heterocycles. The van der Waals surface area contributed by atoms with Crippen LogP contribution in [0.1, 0.15) is 38.4 Å². The lowest BCUT2D eigenvalue weighted by Crippen LogP contribution is -2.41. The van der Waals surface area contributed by atoms with E-state index in [1.807, 2.05) is 49.1 Å². The van der Waals surface area contributed by atoms with Crippen LogP contribution in [-0.4, -0.2) is 38.2 Å². The molecule has 3 rings (SSSR count). The van der Waals surface area contributed by atoms with E-state index in [1.165, 1.54) is 4.68 Å². The molecule has 1 saturated heterocycles. The Balaban J connectivity index is 1.97. The topological polar surface area (TPSA) is 60.1 Å². The van der Waals surface area contributed by atoms with E-state index < -0.39 is 0 Å². The number of benzene rings is 1. The SMILES string of the molecule is CC(C)C(=O)N1CCCC(c2nn(C)c(=O)n2-c2ccccc2)C1. The van der Waals surface area contributed by atoms with Crippen LogP contribution in [0, 0.1) is 5.92 Å². The van der Waals surface area contributed by atoms with Gasteiger partial charge >= 0.3 is 5.69 Å². The standard InChI is InChI=1S/C18H24N4O2/c1-13(2)17(23)21-11-7-8-14(12-21)16-19-20(3)18(24)22(16)15-9-5-4-6-10-15/h4-6,9-10,13-14H,7-8,11-12H2,1-3H3. The highest BCUT2D eigenvalue weighted by atomic mass is 16.2. The molecule has 6 nitrogen and oxygen atoms in total. The fourth-order valence-corrected chi connectivity index (χ4v) is 3.32. The van der Waals surface area contributed by atoms with Crippen LogP contribution in [0.5, 0.6) is 0 Å². The van der Waals surface area contributed by atoms with Gasteiger partial charge in [-0.25, -0.2) is 14.0 Å². The average Bonchev–Trinajstić information content (AvgIpc) is 2.90. The zero-order chi connectivity index (χ0) is 17.3. The summed E-state index contributed by atoms with van der Waals surface area (Å²) in [5.41, 5.74) is 0.668. The van der Waals surface area contributed by atoms with Crippen molar-refractivity contribution in [1.82, 2.24) is 19.2 Å². The van der Waals surface area contributed by atoms with Crippen molar-refractivity contribution in [1.29, 1.82) is 0 Å². The van der Waals surface area contributed by atoms with E-state index in [-0.39, 0.29) is 23.4 Å². The number of carbonyl (C=O) groups is 1. The molecule has 0 bridgehead atoms.